The van der Waals surface area contributed by atoms with E-state index in [-0.39, 0.29) is 0 Å². The van der Waals surface area contributed by atoms with E-state index in [1.807, 2.05) is 19.9 Å². The van der Waals surface area contributed by atoms with Gasteiger partial charge in [0.25, 0.3) is 5.78 Å². The fraction of sp³-hybridized carbons (Fsp3) is 0.545. The molecule has 1 aliphatic heterocycles. The fourth-order valence-electron chi connectivity index (χ4n) is 2.19. The highest BCUT2D eigenvalue weighted by molar-refractivity contribution is 5.50. The molecule has 2 aromatic heterocycles. The zero-order valence-corrected chi connectivity index (χ0v) is 9.96. The topological polar surface area (TPSA) is 66.5 Å². The average molecular weight is 233 g/mol. The molecule has 0 aliphatic carbocycles. The predicted molar refractivity (Wildman–Crippen MR) is 63.0 cm³/mol. The maximum absolute atomic E-state index is 10.0. The van der Waals surface area contributed by atoms with Crippen LogP contribution in [-0.4, -0.2) is 43.4 Å². The molecule has 3 rings (SSSR count). The van der Waals surface area contributed by atoms with Gasteiger partial charge in [0.05, 0.1) is 5.60 Å². The molecule has 6 nitrogen and oxygen atoms in total. The minimum atomic E-state index is -0.552. The first kappa shape index (κ1) is 10.5. The first-order valence-corrected chi connectivity index (χ1v) is 5.76. The number of aliphatic hydroxyl groups is 1. The first-order valence-electron chi connectivity index (χ1n) is 5.76. The number of aryl methyl sites for hydroxylation is 1. The highest BCUT2D eigenvalue weighted by atomic mass is 16.3. The summed E-state index contributed by atoms with van der Waals surface area (Å²) in [5.74, 6) is 1.55. The molecule has 0 radical (unpaired) electrons. The highest BCUT2D eigenvalue weighted by Crippen LogP contribution is 2.29. The Morgan fingerprint density at radius 2 is 2.24 bits per heavy atom. The lowest BCUT2D eigenvalue weighted by molar-refractivity contribution is 0.00782. The van der Waals surface area contributed by atoms with E-state index in [0.29, 0.717) is 18.9 Å². The Hall–Kier alpha value is -1.69. The maximum Gasteiger partial charge on any atom is 0.254 e. The molecule has 0 bridgehead atoms. The average Bonchev–Trinajstić information content (AvgIpc) is 2.71. The summed E-state index contributed by atoms with van der Waals surface area (Å²) < 4.78 is 1.71. The molecule has 0 amide bonds. The van der Waals surface area contributed by atoms with E-state index in [1.165, 1.54) is 6.33 Å². The van der Waals surface area contributed by atoms with Gasteiger partial charge in [0.2, 0.25) is 0 Å². The van der Waals surface area contributed by atoms with Crippen LogP contribution < -0.4 is 4.90 Å². The van der Waals surface area contributed by atoms with Crippen molar-refractivity contribution < 1.29 is 5.11 Å². The minimum absolute atomic E-state index is 0.552. The SMILES string of the molecule is CCC1(O)CN(c2cc(C)nc3ncnn23)C1. The largest absolute Gasteiger partial charge is 0.386 e. The lowest BCUT2D eigenvalue weighted by Gasteiger charge is -2.47. The molecule has 17 heavy (non-hydrogen) atoms. The first-order chi connectivity index (χ1) is 8.11. The summed E-state index contributed by atoms with van der Waals surface area (Å²) in [6.07, 6.45) is 2.27. The third-order valence-electron chi connectivity index (χ3n) is 3.31. The van der Waals surface area contributed by atoms with E-state index < -0.39 is 5.60 Å². The molecule has 0 aromatic carbocycles. The quantitative estimate of drug-likeness (QED) is 0.813. The number of β-amino-alcohol motifs (C(OH)–C–C–N with tert-alkyl or cyclic N) is 1. The summed E-state index contributed by atoms with van der Waals surface area (Å²) in [7, 11) is 0. The van der Waals surface area contributed by atoms with Crippen LogP contribution in [0.1, 0.15) is 19.0 Å². The Morgan fingerprint density at radius 1 is 1.47 bits per heavy atom. The van der Waals surface area contributed by atoms with Gasteiger partial charge in [-0.2, -0.15) is 14.6 Å². The standard InChI is InChI=1S/C11H15N5O/c1-3-11(17)5-15(6-11)9-4-8(2)14-10-12-7-13-16(9)10/h4,7,17H,3,5-6H2,1-2H3. The predicted octanol–water partition coefficient (Wildman–Crippen LogP) is 0.394. The van der Waals surface area contributed by atoms with Gasteiger partial charge in [-0.15, -0.1) is 0 Å². The zero-order valence-electron chi connectivity index (χ0n) is 9.96. The van der Waals surface area contributed by atoms with Crippen molar-refractivity contribution in [3.63, 3.8) is 0 Å². The van der Waals surface area contributed by atoms with E-state index in [9.17, 15) is 5.11 Å². The smallest absolute Gasteiger partial charge is 0.254 e. The molecular weight excluding hydrogens is 218 g/mol. The summed E-state index contributed by atoms with van der Waals surface area (Å²) in [6.45, 7) is 5.22. The molecule has 0 atom stereocenters. The molecule has 6 heteroatoms. The lowest BCUT2D eigenvalue weighted by Crippen LogP contribution is -2.62. The zero-order chi connectivity index (χ0) is 12.0. The van der Waals surface area contributed by atoms with Crippen molar-refractivity contribution in [1.82, 2.24) is 19.6 Å². The Morgan fingerprint density at radius 3 is 2.94 bits per heavy atom. The summed E-state index contributed by atoms with van der Waals surface area (Å²) in [6, 6.07) is 1.97. The van der Waals surface area contributed by atoms with Crippen LogP contribution in [0.5, 0.6) is 0 Å². The fourth-order valence-corrected chi connectivity index (χ4v) is 2.19. The van der Waals surface area contributed by atoms with E-state index in [2.05, 4.69) is 20.0 Å². The summed E-state index contributed by atoms with van der Waals surface area (Å²) in [5.41, 5.74) is 0.358. The third kappa shape index (κ3) is 1.56. The Bertz CT molecular complexity index is 558. The molecule has 90 valence electrons. The summed E-state index contributed by atoms with van der Waals surface area (Å²) in [5, 5.41) is 14.2. The van der Waals surface area contributed by atoms with Gasteiger partial charge in [-0.3, -0.25) is 0 Å². The van der Waals surface area contributed by atoms with Crippen LogP contribution >= 0.6 is 0 Å². The van der Waals surface area contributed by atoms with Crippen LogP contribution in [0.3, 0.4) is 0 Å². The van der Waals surface area contributed by atoms with E-state index in [4.69, 9.17) is 0 Å². The molecule has 0 spiro atoms. The molecule has 1 fully saturated rings. The third-order valence-corrected chi connectivity index (χ3v) is 3.31. The molecule has 1 N–H and O–H groups in total. The van der Waals surface area contributed by atoms with Gasteiger partial charge in [0.15, 0.2) is 0 Å². The molecule has 2 aromatic rings. The van der Waals surface area contributed by atoms with Gasteiger partial charge in [-0.25, -0.2) is 4.98 Å². The number of hydrogen-bond donors (Lipinski definition) is 1. The van der Waals surface area contributed by atoms with Crippen LogP contribution in [-0.2, 0) is 0 Å². The van der Waals surface area contributed by atoms with Gasteiger partial charge < -0.3 is 10.0 Å². The van der Waals surface area contributed by atoms with Crippen LogP contribution in [0.2, 0.25) is 0 Å². The minimum Gasteiger partial charge on any atom is -0.386 e. The summed E-state index contributed by atoms with van der Waals surface area (Å²) >= 11 is 0. The second-order valence-electron chi connectivity index (χ2n) is 4.66. The van der Waals surface area contributed by atoms with Crippen LogP contribution in [0.15, 0.2) is 12.4 Å². The van der Waals surface area contributed by atoms with Crippen molar-refractivity contribution in [3.05, 3.63) is 18.1 Å². The number of fused-ring (bicyclic) bond motifs is 1. The van der Waals surface area contributed by atoms with Crippen LogP contribution in [0.25, 0.3) is 5.78 Å². The molecular formula is C11H15N5O. The second kappa shape index (κ2) is 3.40. The maximum atomic E-state index is 10.0. The Balaban J connectivity index is 1.99. The summed E-state index contributed by atoms with van der Waals surface area (Å²) in [4.78, 5) is 10.5. The van der Waals surface area contributed by atoms with E-state index in [0.717, 1.165) is 17.9 Å². The highest BCUT2D eigenvalue weighted by Gasteiger charge is 2.40. The monoisotopic (exact) mass is 233 g/mol. The Kier molecular flexibility index (Phi) is 2.09. The van der Waals surface area contributed by atoms with Crippen LogP contribution in [0.4, 0.5) is 5.82 Å². The number of anilines is 1. The number of aromatic nitrogens is 4. The molecule has 0 saturated carbocycles. The van der Waals surface area contributed by atoms with Gasteiger partial charge in [-0.1, -0.05) is 6.92 Å². The van der Waals surface area contributed by atoms with Gasteiger partial charge >= 0.3 is 0 Å². The Labute approximate surface area is 98.9 Å². The number of nitrogens with zero attached hydrogens (tertiary/aromatic N) is 5. The van der Waals surface area contributed by atoms with Crippen molar-refractivity contribution >= 4 is 11.6 Å². The van der Waals surface area contributed by atoms with E-state index in [1.54, 1.807) is 4.52 Å². The van der Waals surface area contributed by atoms with Gasteiger partial charge in [-0.05, 0) is 13.3 Å². The molecule has 1 saturated heterocycles. The second-order valence-corrected chi connectivity index (χ2v) is 4.66. The van der Waals surface area contributed by atoms with E-state index >= 15 is 0 Å². The molecule has 1 aliphatic rings. The van der Waals surface area contributed by atoms with Crippen molar-refractivity contribution in [2.75, 3.05) is 18.0 Å². The van der Waals surface area contributed by atoms with Crippen molar-refractivity contribution in [2.24, 2.45) is 0 Å². The molecule has 3 heterocycles. The van der Waals surface area contributed by atoms with Crippen molar-refractivity contribution in [3.8, 4) is 0 Å². The molecule has 0 unspecified atom stereocenters. The lowest BCUT2D eigenvalue weighted by atomic mass is 9.91. The van der Waals surface area contributed by atoms with Crippen molar-refractivity contribution in [1.29, 1.82) is 0 Å². The van der Waals surface area contributed by atoms with Gasteiger partial charge in [0.1, 0.15) is 12.1 Å². The normalized spacial score (nSPS) is 18.4. The van der Waals surface area contributed by atoms with Crippen molar-refractivity contribution in [2.45, 2.75) is 25.9 Å². The van der Waals surface area contributed by atoms with Crippen LogP contribution in [0, 0.1) is 6.92 Å². The number of rotatable bonds is 2. The van der Waals surface area contributed by atoms with Gasteiger partial charge in [0, 0.05) is 24.8 Å². The number of hydrogen-bond acceptors (Lipinski definition) is 5.